The highest BCUT2D eigenvalue weighted by Crippen LogP contribution is 2.35. The number of nitrogens with one attached hydrogen (secondary N) is 1. The zero-order valence-electron chi connectivity index (χ0n) is 12.7. The second-order valence-corrected chi connectivity index (χ2v) is 5.02. The standard InChI is InChI=1S/C15H24N2O3/c1-16-11-5-6-17(9-11)10-13-14(19-3)7-12(18-2)8-15(13)20-4/h7-8,11,16H,5-6,9-10H2,1-4H3. The fourth-order valence-corrected chi connectivity index (χ4v) is 2.67. The van der Waals surface area contributed by atoms with E-state index in [2.05, 4.69) is 10.2 Å². The van der Waals surface area contributed by atoms with Crippen LogP contribution in [0.1, 0.15) is 12.0 Å². The van der Waals surface area contributed by atoms with E-state index in [4.69, 9.17) is 14.2 Å². The molecule has 0 bridgehead atoms. The maximum atomic E-state index is 5.49. The van der Waals surface area contributed by atoms with E-state index in [9.17, 15) is 0 Å². The van der Waals surface area contributed by atoms with E-state index in [-0.39, 0.29) is 0 Å². The lowest BCUT2D eigenvalue weighted by molar-refractivity contribution is 0.301. The normalized spacial score (nSPS) is 19.1. The fraction of sp³-hybridized carbons (Fsp3) is 0.600. The smallest absolute Gasteiger partial charge is 0.130 e. The van der Waals surface area contributed by atoms with Gasteiger partial charge in [-0.2, -0.15) is 0 Å². The molecule has 1 aromatic carbocycles. The second kappa shape index (κ2) is 6.81. The molecule has 1 heterocycles. The van der Waals surface area contributed by atoms with Gasteiger partial charge in [0.1, 0.15) is 17.2 Å². The topological polar surface area (TPSA) is 43.0 Å². The number of likely N-dealkylation sites (N-methyl/N-ethyl adjacent to an activating group) is 1. The maximum Gasteiger partial charge on any atom is 0.130 e. The molecule has 0 radical (unpaired) electrons. The SMILES string of the molecule is CNC1CCN(Cc2c(OC)cc(OC)cc2OC)C1. The molecule has 20 heavy (non-hydrogen) atoms. The molecule has 1 aliphatic rings. The summed E-state index contributed by atoms with van der Waals surface area (Å²) in [7, 11) is 7.02. The van der Waals surface area contributed by atoms with Crippen molar-refractivity contribution < 1.29 is 14.2 Å². The summed E-state index contributed by atoms with van der Waals surface area (Å²) in [6.07, 6.45) is 1.18. The van der Waals surface area contributed by atoms with Crippen molar-refractivity contribution in [2.24, 2.45) is 0 Å². The van der Waals surface area contributed by atoms with Crippen molar-refractivity contribution in [2.45, 2.75) is 19.0 Å². The number of benzene rings is 1. The molecule has 1 aromatic rings. The zero-order chi connectivity index (χ0) is 14.5. The van der Waals surface area contributed by atoms with Crippen LogP contribution in [0.3, 0.4) is 0 Å². The Morgan fingerprint density at radius 1 is 1.15 bits per heavy atom. The van der Waals surface area contributed by atoms with Crippen LogP contribution in [0.2, 0.25) is 0 Å². The van der Waals surface area contributed by atoms with E-state index in [1.807, 2.05) is 19.2 Å². The molecule has 5 heteroatoms. The van der Waals surface area contributed by atoms with Crippen LogP contribution < -0.4 is 19.5 Å². The summed E-state index contributed by atoms with van der Waals surface area (Å²) in [6.45, 7) is 2.97. The molecule has 0 aromatic heterocycles. The monoisotopic (exact) mass is 280 g/mol. The third kappa shape index (κ3) is 3.16. The lowest BCUT2D eigenvalue weighted by Crippen LogP contribution is -2.29. The van der Waals surface area contributed by atoms with Gasteiger partial charge < -0.3 is 19.5 Å². The average Bonchev–Trinajstić information content (AvgIpc) is 2.95. The van der Waals surface area contributed by atoms with Crippen molar-refractivity contribution in [1.29, 1.82) is 0 Å². The van der Waals surface area contributed by atoms with Gasteiger partial charge in [0.15, 0.2) is 0 Å². The van der Waals surface area contributed by atoms with Gasteiger partial charge in [-0.05, 0) is 13.5 Å². The van der Waals surface area contributed by atoms with Gasteiger partial charge in [-0.15, -0.1) is 0 Å². The van der Waals surface area contributed by atoms with Crippen LogP contribution in [0.4, 0.5) is 0 Å². The Hall–Kier alpha value is -1.46. The molecule has 1 unspecified atom stereocenters. The number of likely N-dealkylation sites (tertiary alicyclic amines) is 1. The second-order valence-electron chi connectivity index (χ2n) is 5.02. The minimum Gasteiger partial charge on any atom is -0.496 e. The summed E-state index contributed by atoms with van der Waals surface area (Å²) in [4.78, 5) is 2.41. The zero-order valence-corrected chi connectivity index (χ0v) is 12.7. The van der Waals surface area contributed by atoms with Crippen molar-refractivity contribution in [2.75, 3.05) is 41.5 Å². The molecule has 112 valence electrons. The molecule has 0 saturated carbocycles. The molecule has 0 amide bonds. The Balaban J connectivity index is 2.21. The summed E-state index contributed by atoms with van der Waals surface area (Å²) in [5, 5.41) is 3.33. The summed E-state index contributed by atoms with van der Waals surface area (Å²) >= 11 is 0. The summed E-state index contributed by atoms with van der Waals surface area (Å²) in [6, 6.07) is 4.39. The molecule has 0 aliphatic carbocycles. The van der Waals surface area contributed by atoms with Crippen LogP contribution >= 0.6 is 0 Å². The number of hydrogen-bond donors (Lipinski definition) is 1. The number of hydrogen-bond acceptors (Lipinski definition) is 5. The Kier molecular flexibility index (Phi) is 5.09. The average molecular weight is 280 g/mol. The Labute approximate surface area is 120 Å². The van der Waals surface area contributed by atoms with Gasteiger partial charge in [0, 0.05) is 37.8 Å². The third-order valence-corrected chi connectivity index (χ3v) is 3.88. The van der Waals surface area contributed by atoms with Gasteiger partial charge >= 0.3 is 0 Å². The molecular formula is C15H24N2O3. The predicted molar refractivity (Wildman–Crippen MR) is 78.8 cm³/mol. The first kappa shape index (κ1) is 14.9. The quantitative estimate of drug-likeness (QED) is 0.855. The van der Waals surface area contributed by atoms with Gasteiger partial charge in [0.05, 0.1) is 26.9 Å². The van der Waals surface area contributed by atoms with Crippen LogP contribution in [0.15, 0.2) is 12.1 Å². The van der Waals surface area contributed by atoms with E-state index < -0.39 is 0 Å². The molecule has 1 saturated heterocycles. The molecule has 1 atom stereocenters. The Bertz CT molecular complexity index is 426. The minimum absolute atomic E-state index is 0.574. The number of methoxy groups -OCH3 is 3. The number of ether oxygens (including phenoxy) is 3. The van der Waals surface area contributed by atoms with Crippen LogP contribution in [-0.2, 0) is 6.54 Å². The van der Waals surface area contributed by atoms with E-state index in [0.717, 1.165) is 42.4 Å². The van der Waals surface area contributed by atoms with Crippen LogP contribution in [-0.4, -0.2) is 52.4 Å². The van der Waals surface area contributed by atoms with Crippen LogP contribution in [0, 0.1) is 0 Å². The van der Waals surface area contributed by atoms with Crippen molar-refractivity contribution in [3.05, 3.63) is 17.7 Å². The maximum absolute atomic E-state index is 5.49. The van der Waals surface area contributed by atoms with Crippen molar-refractivity contribution in [1.82, 2.24) is 10.2 Å². The molecule has 1 fully saturated rings. The lowest BCUT2D eigenvalue weighted by Gasteiger charge is -2.20. The number of rotatable bonds is 6. The fourth-order valence-electron chi connectivity index (χ4n) is 2.67. The Morgan fingerprint density at radius 2 is 1.80 bits per heavy atom. The predicted octanol–water partition coefficient (Wildman–Crippen LogP) is 1.51. The van der Waals surface area contributed by atoms with E-state index in [0.29, 0.717) is 6.04 Å². The van der Waals surface area contributed by atoms with Gasteiger partial charge in [0.2, 0.25) is 0 Å². The highest BCUT2D eigenvalue weighted by molar-refractivity contribution is 5.50. The van der Waals surface area contributed by atoms with Crippen LogP contribution in [0.25, 0.3) is 0 Å². The van der Waals surface area contributed by atoms with Crippen molar-refractivity contribution in [3.8, 4) is 17.2 Å². The first-order valence-corrected chi connectivity index (χ1v) is 6.90. The van der Waals surface area contributed by atoms with E-state index >= 15 is 0 Å². The summed E-state index contributed by atoms with van der Waals surface area (Å²) < 4.78 is 16.3. The lowest BCUT2D eigenvalue weighted by atomic mass is 10.1. The number of nitrogens with zero attached hydrogens (tertiary/aromatic N) is 1. The van der Waals surface area contributed by atoms with Gasteiger partial charge in [0.25, 0.3) is 0 Å². The molecule has 1 aliphatic heterocycles. The highest BCUT2D eigenvalue weighted by Gasteiger charge is 2.23. The molecule has 5 nitrogen and oxygen atoms in total. The molecule has 0 spiro atoms. The van der Waals surface area contributed by atoms with Crippen molar-refractivity contribution in [3.63, 3.8) is 0 Å². The van der Waals surface area contributed by atoms with E-state index in [1.165, 1.54) is 6.42 Å². The first-order valence-electron chi connectivity index (χ1n) is 6.90. The van der Waals surface area contributed by atoms with E-state index in [1.54, 1.807) is 21.3 Å². The summed E-state index contributed by atoms with van der Waals surface area (Å²) in [5.41, 5.74) is 1.08. The Morgan fingerprint density at radius 3 is 2.25 bits per heavy atom. The highest BCUT2D eigenvalue weighted by atomic mass is 16.5. The molecular weight excluding hydrogens is 256 g/mol. The molecule has 2 rings (SSSR count). The van der Waals surface area contributed by atoms with Gasteiger partial charge in [-0.1, -0.05) is 0 Å². The third-order valence-electron chi connectivity index (χ3n) is 3.88. The minimum atomic E-state index is 0.574. The largest absolute Gasteiger partial charge is 0.496 e. The van der Waals surface area contributed by atoms with Gasteiger partial charge in [-0.25, -0.2) is 0 Å². The van der Waals surface area contributed by atoms with Gasteiger partial charge in [-0.3, -0.25) is 4.90 Å². The van der Waals surface area contributed by atoms with Crippen LogP contribution in [0.5, 0.6) is 17.2 Å². The van der Waals surface area contributed by atoms with Crippen molar-refractivity contribution >= 4 is 0 Å². The molecule has 1 N–H and O–H groups in total. The first-order chi connectivity index (χ1) is 9.71. The summed E-state index contributed by atoms with van der Waals surface area (Å²) in [5.74, 6) is 2.38.